The Balaban J connectivity index is 1.59. The van der Waals surface area contributed by atoms with Crippen LogP contribution >= 0.6 is 11.8 Å². The molecule has 1 fully saturated rings. The van der Waals surface area contributed by atoms with Gasteiger partial charge in [-0.05, 0) is 67.5 Å². The molecule has 1 aromatic heterocycles. The Labute approximate surface area is 134 Å². The van der Waals surface area contributed by atoms with Gasteiger partial charge in [0.25, 0.3) is 0 Å². The van der Waals surface area contributed by atoms with Crippen LogP contribution in [-0.4, -0.2) is 55.6 Å². The van der Waals surface area contributed by atoms with E-state index >= 15 is 0 Å². The molecule has 6 nitrogen and oxygen atoms in total. The first-order valence-electron chi connectivity index (χ1n) is 7.65. The zero-order chi connectivity index (χ0) is 15.4. The largest absolute Gasteiger partial charge is 0.508 e. The number of aromatic nitrogens is 4. The Bertz CT molecular complexity index is 600. The number of likely N-dealkylation sites (tertiary alicyclic amines) is 1. The number of nitrogens with zero attached hydrogens (tertiary/aromatic N) is 5. The molecule has 3 rings (SSSR count). The van der Waals surface area contributed by atoms with Gasteiger partial charge in [-0.25, -0.2) is 0 Å². The molecule has 0 amide bonds. The summed E-state index contributed by atoms with van der Waals surface area (Å²) in [6, 6.07) is 7.58. The van der Waals surface area contributed by atoms with Crippen LogP contribution in [0.3, 0.4) is 0 Å². The Morgan fingerprint density at radius 3 is 2.86 bits per heavy atom. The second kappa shape index (κ2) is 7.11. The van der Waals surface area contributed by atoms with E-state index in [2.05, 4.69) is 27.5 Å². The lowest BCUT2D eigenvalue weighted by molar-refractivity contribution is 0.182. The molecule has 1 aromatic carbocycles. The predicted octanol–water partition coefficient (Wildman–Crippen LogP) is 2.33. The molecule has 118 valence electrons. The Hall–Kier alpha value is -1.60. The highest BCUT2D eigenvalue weighted by Gasteiger charge is 2.19. The molecule has 1 unspecified atom stereocenters. The molecule has 0 saturated carbocycles. The Morgan fingerprint density at radius 1 is 1.27 bits per heavy atom. The minimum absolute atomic E-state index is 0.242. The van der Waals surface area contributed by atoms with E-state index < -0.39 is 0 Å². The van der Waals surface area contributed by atoms with Crippen molar-refractivity contribution in [2.24, 2.45) is 0 Å². The number of benzene rings is 1. The maximum atomic E-state index is 9.36. The fourth-order valence-electron chi connectivity index (χ4n) is 2.82. The number of aromatic hydroxyl groups is 1. The van der Waals surface area contributed by atoms with Crippen molar-refractivity contribution in [1.82, 2.24) is 25.1 Å². The van der Waals surface area contributed by atoms with Gasteiger partial charge in [-0.3, -0.25) is 0 Å². The van der Waals surface area contributed by atoms with E-state index in [9.17, 15) is 5.11 Å². The highest BCUT2D eigenvalue weighted by molar-refractivity contribution is 7.99. The van der Waals surface area contributed by atoms with Gasteiger partial charge >= 0.3 is 0 Å². The van der Waals surface area contributed by atoms with Gasteiger partial charge < -0.3 is 10.0 Å². The van der Waals surface area contributed by atoms with E-state index in [1.165, 1.54) is 25.8 Å². The number of hydrogen-bond donors (Lipinski definition) is 1. The standard InChI is InChI=1S/C15H21N5OS/c1-19-10-3-2-4-12(19)9-11-22-15-16-17-18-20(15)13-5-7-14(21)8-6-13/h5-8,12,21H,2-4,9-11H2,1H3. The molecule has 1 aliphatic rings. The lowest BCUT2D eigenvalue weighted by Gasteiger charge is -2.32. The van der Waals surface area contributed by atoms with Crippen LogP contribution in [-0.2, 0) is 0 Å². The van der Waals surface area contributed by atoms with Crippen LogP contribution in [0.2, 0.25) is 0 Å². The molecule has 1 saturated heterocycles. The number of hydrogen-bond acceptors (Lipinski definition) is 6. The topological polar surface area (TPSA) is 67.1 Å². The average Bonchev–Trinajstić information content (AvgIpc) is 2.98. The van der Waals surface area contributed by atoms with E-state index in [1.807, 2.05) is 12.1 Å². The molecule has 22 heavy (non-hydrogen) atoms. The van der Waals surface area contributed by atoms with Crippen molar-refractivity contribution in [1.29, 1.82) is 0 Å². The highest BCUT2D eigenvalue weighted by atomic mass is 32.2. The van der Waals surface area contributed by atoms with Crippen molar-refractivity contribution in [2.75, 3.05) is 19.3 Å². The molecule has 0 aliphatic carbocycles. The van der Waals surface area contributed by atoms with E-state index in [0.29, 0.717) is 6.04 Å². The van der Waals surface area contributed by atoms with E-state index in [0.717, 1.165) is 23.0 Å². The zero-order valence-corrected chi connectivity index (χ0v) is 13.5. The molecule has 2 aromatic rings. The maximum absolute atomic E-state index is 9.36. The van der Waals surface area contributed by atoms with Gasteiger partial charge in [0, 0.05) is 11.8 Å². The fourth-order valence-corrected chi connectivity index (χ4v) is 3.75. The summed E-state index contributed by atoms with van der Waals surface area (Å²) in [7, 11) is 2.22. The predicted molar refractivity (Wildman–Crippen MR) is 86.4 cm³/mol. The molecular weight excluding hydrogens is 298 g/mol. The fraction of sp³-hybridized carbons (Fsp3) is 0.533. The zero-order valence-electron chi connectivity index (χ0n) is 12.7. The highest BCUT2D eigenvalue weighted by Crippen LogP contribution is 2.24. The molecule has 7 heteroatoms. The minimum atomic E-state index is 0.242. The summed E-state index contributed by atoms with van der Waals surface area (Å²) in [6.45, 7) is 1.21. The summed E-state index contributed by atoms with van der Waals surface area (Å²) in [5, 5.41) is 22.1. The quantitative estimate of drug-likeness (QED) is 0.853. The summed E-state index contributed by atoms with van der Waals surface area (Å²) in [6.07, 6.45) is 5.10. The van der Waals surface area contributed by atoms with Crippen molar-refractivity contribution >= 4 is 11.8 Å². The summed E-state index contributed by atoms with van der Waals surface area (Å²) in [5.41, 5.74) is 0.861. The maximum Gasteiger partial charge on any atom is 0.214 e. The van der Waals surface area contributed by atoms with Crippen LogP contribution in [0, 0.1) is 0 Å². The summed E-state index contributed by atoms with van der Waals surface area (Å²) < 4.78 is 1.72. The number of rotatable bonds is 5. The first kappa shape index (κ1) is 15.3. The number of tetrazole rings is 1. The van der Waals surface area contributed by atoms with Crippen molar-refractivity contribution in [3.63, 3.8) is 0 Å². The smallest absolute Gasteiger partial charge is 0.214 e. The number of piperidine rings is 1. The number of thioether (sulfide) groups is 1. The van der Waals surface area contributed by atoms with E-state index in [-0.39, 0.29) is 5.75 Å². The van der Waals surface area contributed by atoms with Crippen molar-refractivity contribution in [3.05, 3.63) is 24.3 Å². The van der Waals surface area contributed by atoms with Crippen LogP contribution in [0.15, 0.2) is 29.4 Å². The van der Waals surface area contributed by atoms with Crippen LogP contribution in [0.25, 0.3) is 5.69 Å². The van der Waals surface area contributed by atoms with Crippen LogP contribution in [0.1, 0.15) is 25.7 Å². The summed E-state index contributed by atoms with van der Waals surface area (Å²) in [5.74, 6) is 1.25. The second-order valence-electron chi connectivity index (χ2n) is 5.66. The molecular formula is C15H21N5OS. The molecule has 1 N–H and O–H groups in total. The van der Waals surface area contributed by atoms with Crippen molar-refractivity contribution < 1.29 is 5.11 Å². The van der Waals surface area contributed by atoms with Crippen LogP contribution in [0.5, 0.6) is 5.75 Å². The van der Waals surface area contributed by atoms with Gasteiger partial charge in [0.05, 0.1) is 5.69 Å². The van der Waals surface area contributed by atoms with Crippen LogP contribution < -0.4 is 0 Å². The number of phenolic OH excluding ortho intramolecular Hbond substituents is 1. The van der Waals surface area contributed by atoms with Gasteiger partial charge in [0.15, 0.2) is 0 Å². The van der Waals surface area contributed by atoms with Gasteiger partial charge in [-0.2, -0.15) is 4.68 Å². The molecule has 1 aliphatic heterocycles. The van der Waals surface area contributed by atoms with E-state index in [4.69, 9.17) is 0 Å². The van der Waals surface area contributed by atoms with Gasteiger partial charge in [-0.15, -0.1) is 5.10 Å². The lowest BCUT2D eigenvalue weighted by atomic mass is 10.0. The minimum Gasteiger partial charge on any atom is -0.508 e. The van der Waals surface area contributed by atoms with Crippen molar-refractivity contribution in [3.8, 4) is 11.4 Å². The van der Waals surface area contributed by atoms with Gasteiger partial charge in [0.1, 0.15) is 5.75 Å². The number of phenols is 1. The lowest BCUT2D eigenvalue weighted by Crippen LogP contribution is -2.36. The second-order valence-corrected chi connectivity index (χ2v) is 6.72. The first-order chi connectivity index (χ1) is 10.7. The third-order valence-corrected chi connectivity index (χ3v) is 5.09. The van der Waals surface area contributed by atoms with Crippen molar-refractivity contribution in [2.45, 2.75) is 36.9 Å². The third-order valence-electron chi connectivity index (χ3n) is 4.14. The molecule has 2 heterocycles. The van der Waals surface area contributed by atoms with Crippen LogP contribution in [0.4, 0.5) is 0 Å². The average molecular weight is 319 g/mol. The van der Waals surface area contributed by atoms with Gasteiger partial charge in [-0.1, -0.05) is 18.2 Å². The Morgan fingerprint density at radius 2 is 2.09 bits per heavy atom. The molecule has 0 bridgehead atoms. The molecule has 0 spiro atoms. The van der Waals surface area contributed by atoms with E-state index in [1.54, 1.807) is 28.6 Å². The monoisotopic (exact) mass is 319 g/mol. The SMILES string of the molecule is CN1CCCCC1CCSc1nnnn1-c1ccc(O)cc1. The third kappa shape index (κ3) is 3.59. The normalized spacial score (nSPS) is 19.4. The van der Waals surface area contributed by atoms with Gasteiger partial charge in [0.2, 0.25) is 5.16 Å². The molecule has 1 atom stereocenters. The Kier molecular flexibility index (Phi) is 4.94. The summed E-state index contributed by atoms with van der Waals surface area (Å²) in [4.78, 5) is 2.47. The summed E-state index contributed by atoms with van der Waals surface area (Å²) >= 11 is 1.69. The molecule has 0 radical (unpaired) electrons. The first-order valence-corrected chi connectivity index (χ1v) is 8.63.